The van der Waals surface area contributed by atoms with E-state index in [2.05, 4.69) is 11.1 Å². The number of rotatable bonds is 18. The Kier molecular flexibility index (Phi) is 14.8. The maximum atomic E-state index is 11.9. The van der Waals surface area contributed by atoms with Gasteiger partial charge in [-0.25, -0.2) is 12.6 Å². The Morgan fingerprint density at radius 3 is 1.73 bits per heavy atom. The molecule has 178 valence electrons. The van der Waals surface area contributed by atoms with Crippen LogP contribution < -0.4 is 0 Å². The van der Waals surface area contributed by atoms with Gasteiger partial charge < -0.3 is 9.29 Å². The van der Waals surface area contributed by atoms with Crippen molar-refractivity contribution < 1.29 is 30.9 Å². The van der Waals surface area contributed by atoms with E-state index < -0.39 is 45.1 Å². The Hall–Kier alpha value is -0.510. The van der Waals surface area contributed by atoms with Gasteiger partial charge >= 0.3 is 5.97 Å². The summed E-state index contributed by atoms with van der Waals surface area (Å²) in [5, 5.41) is 0. The van der Waals surface area contributed by atoms with Crippen molar-refractivity contribution >= 4 is 27.2 Å². The molecule has 1 aliphatic heterocycles. The lowest BCUT2D eigenvalue weighted by atomic mass is 10.0. The molecule has 3 unspecified atom stereocenters. The van der Waals surface area contributed by atoms with Gasteiger partial charge in [0.1, 0.15) is 12.2 Å². The zero-order valence-electron chi connectivity index (χ0n) is 18.3. The van der Waals surface area contributed by atoms with E-state index in [1.165, 1.54) is 64.2 Å². The molecule has 0 spiro atoms. The van der Waals surface area contributed by atoms with Gasteiger partial charge in [0.15, 0.2) is 9.84 Å². The summed E-state index contributed by atoms with van der Waals surface area (Å²) in [6.45, 7) is 2.24. The molecule has 0 N–H and O–H groups in total. The topological polar surface area (TPSA) is 110 Å². The minimum absolute atomic E-state index is 0.210. The van der Waals surface area contributed by atoms with Gasteiger partial charge in [-0.15, -0.1) is 0 Å². The van der Waals surface area contributed by atoms with Gasteiger partial charge in [-0.1, -0.05) is 90.4 Å². The van der Waals surface area contributed by atoms with Gasteiger partial charge in [0.25, 0.3) is 0 Å². The summed E-state index contributed by atoms with van der Waals surface area (Å²) in [6.07, 6.45) is 15.1. The number of sulfone groups is 1. The first-order valence-corrected chi connectivity index (χ1v) is 14.3. The van der Waals surface area contributed by atoms with Crippen LogP contribution in [0.2, 0.25) is 0 Å². The predicted octanol–water partition coefficient (Wildman–Crippen LogP) is 4.38. The second-order valence-corrected chi connectivity index (χ2v) is 11.0. The molecule has 0 aromatic heterocycles. The zero-order chi connectivity index (χ0) is 22.2. The van der Waals surface area contributed by atoms with Crippen LogP contribution in [0.4, 0.5) is 0 Å². The smallest absolute Gasteiger partial charge is 0.306 e. The molecule has 1 heterocycles. The summed E-state index contributed by atoms with van der Waals surface area (Å²) < 4.78 is 54.3. The van der Waals surface area contributed by atoms with E-state index in [9.17, 15) is 22.0 Å². The van der Waals surface area contributed by atoms with E-state index in [0.717, 1.165) is 19.3 Å². The molecule has 9 heteroatoms. The third-order valence-electron chi connectivity index (χ3n) is 5.47. The molecule has 3 atom stereocenters. The summed E-state index contributed by atoms with van der Waals surface area (Å²) in [4.78, 5) is 11.9. The molecule has 0 saturated carbocycles. The number of carbonyl (C=O) groups is 1. The number of unbranched alkanes of at least 4 members (excludes halogenated alkanes) is 13. The van der Waals surface area contributed by atoms with Crippen LogP contribution in [0.25, 0.3) is 0 Å². The van der Waals surface area contributed by atoms with E-state index in [-0.39, 0.29) is 12.2 Å². The third kappa shape index (κ3) is 13.7. The molecule has 1 fully saturated rings. The molecule has 30 heavy (non-hydrogen) atoms. The lowest BCUT2D eigenvalue weighted by Gasteiger charge is -2.19. The highest BCUT2D eigenvalue weighted by Crippen LogP contribution is 2.21. The van der Waals surface area contributed by atoms with Gasteiger partial charge in [0.2, 0.25) is 0 Å². The summed E-state index contributed by atoms with van der Waals surface area (Å²) in [5.74, 6) is -1.33. The highest BCUT2D eigenvalue weighted by Gasteiger charge is 2.41. The molecule has 0 aromatic rings. The van der Waals surface area contributed by atoms with E-state index in [4.69, 9.17) is 4.74 Å². The fourth-order valence-corrected chi connectivity index (χ4v) is 5.96. The minimum atomic E-state index is -3.46. The second kappa shape index (κ2) is 16.2. The average Bonchev–Trinajstić information content (AvgIpc) is 2.94. The molecule has 0 bridgehead atoms. The standard InChI is InChI=1S/C21H40O7S2/c1-2-3-4-5-6-7-8-9-10-11-12-13-14-15-16-21(22)27-19-17-30(25,26)18-20(19)28-29(23)24/h19-20H,2-18H2,1H3,(H,23,24)/p-1. The fourth-order valence-electron chi connectivity index (χ4n) is 3.78. The molecule has 0 amide bonds. The Labute approximate surface area is 185 Å². The van der Waals surface area contributed by atoms with Crippen LogP contribution in [-0.4, -0.2) is 46.9 Å². The molecular weight excluding hydrogens is 428 g/mol. The van der Waals surface area contributed by atoms with Gasteiger partial charge in [-0.3, -0.25) is 8.98 Å². The van der Waals surface area contributed by atoms with Crippen LogP contribution in [0.1, 0.15) is 103 Å². The molecule has 0 aromatic carbocycles. The monoisotopic (exact) mass is 467 g/mol. The number of hydrogen-bond acceptors (Lipinski definition) is 7. The van der Waals surface area contributed by atoms with Crippen molar-refractivity contribution in [1.29, 1.82) is 0 Å². The first kappa shape index (κ1) is 27.5. The van der Waals surface area contributed by atoms with Crippen molar-refractivity contribution in [3.63, 3.8) is 0 Å². The lowest BCUT2D eigenvalue weighted by Crippen LogP contribution is -2.32. The number of hydrogen-bond donors (Lipinski definition) is 0. The predicted molar refractivity (Wildman–Crippen MR) is 117 cm³/mol. The van der Waals surface area contributed by atoms with Crippen LogP contribution >= 0.6 is 0 Å². The van der Waals surface area contributed by atoms with Crippen molar-refractivity contribution in [2.75, 3.05) is 11.5 Å². The lowest BCUT2D eigenvalue weighted by molar-refractivity contribution is -0.151. The molecule has 7 nitrogen and oxygen atoms in total. The first-order valence-electron chi connectivity index (χ1n) is 11.5. The maximum Gasteiger partial charge on any atom is 0.306 e. The van der Waals surface area contributed by atoms with Crippen molar-refractivity contribution in [3.05, 3.63) is 0 Å². The van der Waals surface area contributed by atoms with Crippen molar-refractivity contribution in [2.24, 2.45) is 0 Å². The molecular formula is C21H39O7S2-. The number of esters is 1. The molecule has 1 saturated heterocycles. The second-order valence-electron chi connectivity index (χ2n) is 8.29. The normalized spacial score (nSPS) is 21.5. The van der Waals surface area contributed by atoms with E-state index >= 15 is 0 Å². The summed E-state index contributed by atoms with van der Waals surface area (Å²) in [6, 6.07) is 0. The Morgan fingerprint density at radius 2 is 1.27 bits per heavy atom. The quantitative estimate of drug-likeness (QED) is 0.167. The van der Waals surface area contributed by atoms with E-state index in [1.807, 2.05) is 0 Å². The Balaban J connectivity index is 1.99. The largest absolute Gasteiger partial charge is 0.750 e. The summed E-state index contributed by atoms with van der Waals surface area (Å²) >= 11 is -2.85. The molecule has 1 aliphatic rings. The van der Waals surface area contributed by atoms with Gasteiger partial charge in [-0.2, -0.15) is 0 Å². The van der Waals surface area contributed by atoms with Crippen LogP contribution in [-0.2, 0) is 34.9 Å². The fraction of sp³-hybridized carbons (Fsp3) is 0.952. The highest BCUT2D eigenvalue weighted by atomic mass is 32.2. The first-order chi connectivity index (χ1) is 14.3. The summed E-state index contributed by atoms with van der Waals surface area (Å²) in [5.41, 5.74) is 0. The van der Waals surface area contributed by atoms with Gasteiger partial charge in [0.05, 0.1) is 22.9 Å². The van der Waals surface area contributed by atoms with Crippen molar-refractivity contribution in [3.8, 4) is 0 Å². The Morgan fingerprint density at radius 1 is 0.833 bits per heavy atom. The molecule has 0 aliphatic carbocycles. The minimum Gasteiger partial charge on any atom is -0.750 e. The van der Waals surface area contributed by atoms with Crippen LogP contribution in [0.15, 0.2) is 0 Å². The van der Waals surface area contributed by atoms with Crippen LogP contribution in [0.5, 0.6) is 0 Å². The maximum absolute atomic E-state index is 11.9. The van der Waals surface area contributed by atoms with E-state index in [0.29, 0.717) is 6.42 Å². The third-order valence-corrected chi connectivity index (χ3v) is 7.55. The zero-order valence-corrected chi connectivity index (χ0v) is 20.0. The molecule has 1 rings (SSSR count). The van der Waals surface area contributed by atoms with E-state index in [1.54, 1.807) is 0 Å². The number of carbonyl (C=O) groups excluding carboxylic acids is 1. The summed E-state index contributed by atoms with van der Waals surface area (Å²) in [7, 11) is -3.46. The van der Waals surface area contributed by atoms with Crippen molar-refractivity contribution in [2.45, 2.75) is 115 Å². The number of ether oxygens (including phenoxy) is 1. The average molecular weight is 468 g/mol. The Bertz CT molecular complexity index is 592. The SMILES string of the molecule is CCCCCCCCCCCCCCCCC(=O)OC1CS(=O)(=O)CC1OS(=O)[O-]. The van der Waals surface area contributed by atoms with Gasteiger partial charge in [0, 0.05) is 6.42 Å². The van der Waals surface area contributed by atoms with Crippen LogP contribution in [0.3, 0.4) is 0 Å². The van der Waals surface area contributed by atoms with Gasteiger partial charge in [-0.05, 0) is 6.42 Å². The highest BCUT2D eigenvalue weighted by molar-refractivity contribution is 7.91. The molecule has 0 radical (unpaired) electrons. The van der Waals surface area contributed by atoms with Crippen LogP contribution in [0, 0.1) is 0 Å². The van der Waals surface area contributed by atoms with Crippen molar-refractivity contribution in [1.82, 2.24) is 0 Å².